The maximum atomic E-state index is 5.04. The molecule has 2 N–H and O–H groups in total. The molecule has 0 radical (unpaired) electrons. The molecule has 7 heteroatoms. The zero-order chi connectivity index (χ0) is 21.3. The van der Waals surface area contributed by atoms with Gasteiger partial charge in [-0.25, -0.2) is 15.0 Å². The van der Waals surface area contributed by atoms with Gasteiger partial charge in [-0.2, -0.15) is 0 Å². The summed E-state index contributed by atoms with van der Waals surface area (Å²) >= 11 is 0. The molecule has 2 aromatic carbocycles. The van der Waals surface area contributed by atoms with Crippen molar-refractivity contribution < 1.29 is 0 Å². The van der Waals surface area contributed by atoms with Crippen LogP contribution >= 0.6 is 0 Å². The van der Waals surface area contributed by atoms with Crippen LogP contribution in [0.15, 0.2) is 73.3 Å². The Morgan fingerprint density at radius 3 is 2.56 bits per heavy atom. The molecule has 0 saturated carbocycles. The van der Waals surface area contributed by atoms with E-state index in [1.807, 2.05) is 18.6 Å². The second kappa shape index (κ2) is 8.09. The predicted molar refractivity (Wildman–Crippen MR) is 125 cm³/mol. The number of benzene rings is 2. The molecular formula is C25H25N7. The van der Waals surface area contributed by atoms with E-state index in [1.54, 1.807) is 6.20 Å². The van der Waals surface area contributed by atoms with Crippen molar-refractivity contribution in [2.45, 2.75) is 25.4 Å². The molecule has 4 heterocycles. The molecule has 0 atom stereocenters. The molecule has 0 amide bonds. The SMILES string of the molecule is c1ccc(-c2c(-c3nc4ccccc4n3Cc3ncc[nH]3)ncn2C2CCNCC2)cc1. The number of H-pyrrole nitrogens is 1. The topological polar surface area (TPSA) is 76.3 Å². The molecule has 6 rings (SSSR count). The van der Waals surface area contributed by atoms with Gasteiger partial charge in [-0.3, -0.25) is 0 Å². The van der Waals surface area contributed by atoms with Crippen molar-refractivity contribution in [1.29, 1.82) is 0 Å². The van der Waals surface area contributed by atoms with E-state index in [9.17, 15) is 0 Å². The van der Waals surface area contributed by atoms with Gasteiger partial charge < -0.3 is 19.4 Å². The van der Waals surface area contributed by atoms with Crippen molar-refractivity contribution in [2.75, 3.05) is 13.1 Å². The second-order valence-electron chi connectivity index (χ2n) is 8.24. The fourth-order valence-electron chi connectivity index (χ4n) is 4.72. The van der Waals surface area contributed by atoms with Gasteiger partial charge in [0, 0.05) is 24.0 Å². The Bertz CT molecular complexity index is 1330. The van der Waals surface area contributed by atoms with Crippen molar-refractivity contribution in [3.05, 3.63) is 79.1 Å². The number of imidazole rings is 3. The van der Waals surface area contributed by atoms with Crippen LogP contribution in [0.25, 0.3) is 33.8 Å². The van der Waals surface area contributed by atoms with Crippen LogP contribution in [0, 0.1) is 0 Å². The highest BCUT2D eigenvalue weighted by Crippen LogP contribution is 2.36. The van der Waals surface area contributed by atoms with Gasteiger partial charge in [0.05, 0.1) is 29.6 Å². The van der Waals surface area contributed by atoms with Crippen LogP contribution < -0.4 is 5.32 Å². The van der Waals surface area contributed by atoms with Crippen LogP contribution in [0.3, 0.4) is 0 Å². The lowest BCUT2D eigenvalue weighted by atomic mass is 10.0. The summed E-state index contributed by atoms with van der Waals surface area (Å²) < 4.78 is 4.58. The molecule has 1 fully saturated rings. The summed E-state index contributed by atoms with van der Waals surface area (Å²) in [6, 6.07) is 19.2. The number of hydrogen-bond acceptors (Lipinski definition) is 4. The minimum atomic E-state index is 0.426. The second-order valence-corrected chi connectivity index (χ2v) is 8.24. The Morgan fingerprint density at radius 1 is 0.938 bits per heavy atom. The van der Waals surface area contributed by atoms with Gasteiger partial charge in [-0.05, 0) is 38.1 Å². The first-order chi connectivity index (χ1) is 15.9. The van der Waals surface area contributed by atoms with Crippen LogP contribution in [-0.4, -0.2) is 42.2 Å². The molecule has 0 aliphatic carbocycles. The van der Waals surface area contributed by atoms with Crippen molar-refractivity contribution >= 4 is 11.0 Å². The lowest BCUT2D eigenvalue weighted by Gasteiger charge is -2.26. The molecule has 160 valence electrons. The first-order valence-electron chi connectivity index (χ1n) is 11.2. The number of piperidine rings is 1. The molecule has 0 unspecified atom stereocenters. The van der Waals surface area contributed by atoms with E-state index in [0.717, 1.165) is 65.6 Å². The highest BCUT2D eigenvalue weighted by Gasteiger charge is 2.25. The molecule has 5 aromatic rings. The standard InChI is InChI=1S/C25H25N7/c1-2-6-18(7-3-1)24-23(29-17-32(24)19-10-12-26-13-11-19)25-30-20-8-4-5-9-21(20)31(25)16-22-27-14-15-28-22/h1-9,14-15,17,19,26H,10-13,16H2,(H,27,28). The number of rotatable bonds is 5. The van der Waals surface area contributed by atoms with Gasteiger partial charge in [-0.1, -0.05) is 42.5 Å². The van der Waals surface area contributed by atoms with Gasteiger partial charge in [-0.15, -0.1) is 0 Å². The lowest BCUT2D eigenvalue weighted by molar-refractivity contribution is 0.370. The lowest BCUT2D eigenvalue weighted by Crippen LogP contribution is -2.29. The third-order valence-corrected chi connectivity index (χ3v) is 6.27. The molecule has 7 nitrogen and oxygen atoms in total. The summed E-state index contributed by atoms with van der Waals surface area (Å²) in [5, 5.41) is 3.47. The maximum absolute atomic E-state index is 5.04. The number of nitrogens with one attached hydrogen (secondary N) is 2. The summed E-state index contributed by atoms with van der Waals surface area (Å²) in [5.74, 6) is 1.77. The average Bonchev–Trinajstić information content (AvgIpc) is 3.60. The smallest absolute Gasteiger partial charge is 0.162 e. The van der Waals surface area contributed by atoms with Crippen molar-refractivity contribution in [1.82, 2.24) is 34.4 Å². The van der Waals surface area contributed by atoms with E-state index in [1.165, 1.54) is 0 Å². The summed E-state index contributed by atoms with van der Waals surface area (Å²) in [6.45, 7) is 2.67. The average molecular weight is 424 g/mol. The first kappa shape index (κ1) is 19.0. The molecule has 1 saturated heterocycles. The number of nitrogens with zero attached hydrogens (tertiary/aromatic N) is 5. The minimum absolute atomic E-state index is 0.426. The Balaban J connectivity index is 1.56. The Hall–Kier alpha value is -3.71. The van der Waals surface area contributed by atoms with Crippen molar-refractivity contribution in [3.8, 4) is 22.8 Å². The molecule has 0 spiro atoms. The summed E-state index contributed by atoms with van der Waals surface area (Å²) in [4.78, 5) is 17.7. The summed E-state index contributed by atoms with van der Waals surface area (Å²) in [6.07, 6.45) is 7.84. The fourth-order valence-corrected chi connectivity index (χ4v) is 4.72. The molecular weight excluding hydrogens is 398 g/mol. The van der Waals surface area contributed by atoms with Crippen LogP contribution in [-0.2, 0) is 6.54 Å². The quantitative estimate of drug-likeness (QED) is 0.443. The molecule has 0 bridgehead atoms. The van der Waals surface area contributed by atoms with Gasteiger partial charge >= 0.3 is 0 Å². The third kappa shape index (κ3) is 3.31. The monoisotopic (exact) mass is 423 g/mol. The van der Waals surface area contributed by atoms with Crippen LogP contribution in [0.4, 0.5) is 0 Å². The van der Waals surface area contributed by atoms with E-state index < -0.39 is 0 Å². The Kier molecular flexibility index (Phi) is 4.81. The zero-order valence-electron chi connectivity index (χ0n) is 17.8. The van der Waals surface area contributed by atoms with Gasteiger partial charge in [0.1, 0.15) is 11.5 Å². The van der Waals surface area contributed by atoms with Gasteiger partial charge in [0.2, 0.25) is 0 Å². The van der Waals surface area contributed by atoms with Gasteiger partial charge in [0.25, 0.3) is 0 Å². The van der Waals surface area contributed by atoms with E-state index in [-0.39, 0.29) is 0 Å². The highest BCUT2D eigenvalue weighted by molar-refractivity contribution is 5.84. The summed E-state index contributed by atoms with van der Waals surface area (Å²) in [5.41, 5.74) is 5.25. The first-order valence-corrected chi connectivity index (χ1v) is 11.2. The minimum Gasteiger partial charge on any atom is -0.347 e. The van der Waals surface area contributed by atoms with Crippen molar-refractivity contribution in [3.63, 3.8) is 0 Å². The number of aromatic amines is 1. The summed E-state index contributed by atoms with van der Waals surface area (Å²) in [7, 11) is 0. The Morgan fingerprint density at radius 2 is 1.75 bits per heavy atom. The van der Waals surface area contributed by atoms with Crippen LogP contribution in [0.1, 0.15) is 24.7 Å². The number of para-hydroxylation sites is 2. The number of hydrogen-bond donors (Lipinski definition) is 2. The highest BCUT2D eigenvalue weighted by atomic mass is 15.2. The molecule has 1 aliphatic rings. The van der Waals surface area contributed by atoms with Crippen molar-refractivity contribution in [2.24, 2.45) is 0 Å². The normalized spacial score (nSPS) is 14.9. The van der Waals surface area contributed by atoms with Crippen LogP contribution in [0.2, 0.25) is 0 Å². The largest absolute Gasteiger partial charge is 0.347 e. The molecule has 1 aliphatic heterocycles. The molecule has 3 aromatic heterocycles. The number of fused-ring (bicyclic) bond motifs is 1. The number of aromatic nitrogens is 6. The fraction of sp³-hybridized carbons (Fsp3) is 0.240. The third-order valence-electron chi connectivity index (χ3n) is 6.27. The predicted octanol–water partition coefficient (Wildman–Crippen LogP) is 4.26. The van der Waals surface area contributed by atoms with Crippen LogP contribution in [0.5, 0.6) is 0 Å². The van der Waals surface area contributed by atoms with E-state index >= 15 is 0 Å². The zero-order valence-corrected chi connectivity index (χ0v) is 17.8. The van der Waals surface area contributed by atoms with Gasteiger partial charge in [0.15, 0.2) is 5.82 Å². The molecule has 32 heavy (non-hydrogen) atoms. The Labute approximate surface area is 186 Å². The maximum Gasteiger partial charge on any atom is 0.162 e. The van der Waals surface area contributed by atoms with E-state index in [2.05, 4.69) is 72.9 Å². The van der Waals surface area contributed by atoms with E-state index in [4.69, 9.17) is 9.97 Å². The van der Waals surface area contributed by atoms with E-state index in [0.29, 0.717) is 12.6 Å².